The number of amides is 1. The summed E-state index contributed by atoms with van der Waals surface area (Å²) in [6, 6.07) is 0. The average Bonchev–Trinajstić information content (AvgIpc) is 3.28. The van der Waals surface area contributed by atoms with E-state index in [9.17, 15) is 4.79 Å². The Labute approximate surface area is 158 Å². The van der Waals surface area contributed by atoms with Gasteiger partial charge in [0.25, 0.3) is 0 Å². The fraction of sp³-hybridized carbons (Fsp3) is 0.762. The van der Waals surface area contributed by atoms with Crippen molar-refractivity contribution in [1.29, 1.82) is 0 Å². The molecule has 0 saturated carbocycles. The minimum Gasteiger partial charge on any atom is -0.501 e. The molecule has 0 bridgehead atoms. The van der Waals surface area contributed by atoms with E-state index >= 15 is 0 Å². The zero-order valence-corrected chi connectivity index (χ0v) is 16.5. The minimum absolute atomic E-state index is 0.207. The maximum absolute atomic E-state index is 13.0. The Morgan fingerprint density at radius 1 is 0.923 bits per heavy atom. The van der Waals surface area contributed by atoms with Gasteiger partial charge in [-0.15, -0.1) is 0 Å². The summed E-state index contributed by atoms with van der Waals surface area (Å²) >= 11 is 0. The van der Waals surface area contributed by atoms with E-state index in [0.717, 1.165) is 37.4 Å². The predicted molar refractivity (Wildman–Crippen MR) is 103 cm³/mol. The molecular formula is C21H34N2O3. The van der Waals surface area contributed by atoms with Crippen LogP contribution in [0.1, 0.15) is 51.4 Å². The van der Waals surface area contributed by atoms with Crippen molar-refractivity contribution in [3.8, 4) is 0 Å². The molecule has 5 nitrogen and oxygen atoms in total. The van der Waals surface area contributed by atoms with Gasteiger partial charge in [-0.25, -0.2) is 0 Å². The number of unbranched alkanes of at least 4 members (excludes halogenated alkanes) is 3. The number of hydrogen-bond donors (Lipinski definition) is 0. The lowest BCUT2D eigenvalue weighted by atomic mass is 9.81. The van der Waals surface area contributed by atoms with Crippen molar-refractivity contribution >= 4 is 5.91 Å². The molecule has 0 aromatic heterocycles. The number of ether oxygens (including phenoxy) is 2. The Bertz CT molecular complexity index is 529. The van der Waals surface area contributed by atoms with Gasteiger partial charge in [-0.1, -0.05) is 12.8 Å². The molecule has 2 saturated heterocycles. The molecule has 0 aromatic carbocycles. The first-order chi connectivity index (χ1) is 12.7. The van der Waals surface area contributed by atoms with E-state index in [1.165, 1.54) is 51.7 Å². The molecule has 26 heavy (non-hydrogen) atoms. The van der Waals surface area contributed by atoms with Crippen LogP contribution in [0.5, 0.6) is 0 Å². The van der Waals surface area contributed by atoms with Crippen LogP contribution >= 0.6 is 0 Å². The number of carbonyl (C=O) groups excluding carboxylic acids is 1. The Balaban J connectivity index is 1.43. The van der Waals surface area contributed by atoms with Crippen LogP contribution in [-0.4, -0.2) is 62.7 Å². The lowest BCUT2D eigenvalue weighted by Crippen LogP contribution is -2.34. The second-order valence-corrected chi connectivity index (χ2v) is 7.85. The van der Waals surface area contributed by atoms with E-state index in [4.69, 9.17) is 9.47 Å². The van der Waals surface area contributed by atoms with Crippen molar-refractivity contribution in [3.05, 3.63) is 23.7 Å². The number of rotatable bonds is 9. The Morgan fingerprint density at radius 2 is 1.54 bits per heavy atom. The van der Waals surface area contributed by atoms with Gasteiger partial charge < -0.3 is 19.3 Å². The molecule has 0 aromatic rings. The highest BCUT2D eigenvalue weighted by atomic mass is 16.5. The van der Waals surface area contributed by atoms with Gasteiger partial charge in [0.05, 0.1) is 26.1 Å². The quantitative estimate of drug-likeness (QED) is 0.590. The third-order valence-electron chi connectivity index (χ3n) is 6.04. The molecular weight excluding hydrogens is 328 g/mol. The Morgan fingerprint density at radius 3 is 2.15 bits per heavy atom. The highest BCUT2D eigenvalue weighted by Gasteiger charge is 2.45. The zero-order valence-electron chi connectivity index (χ0n) is 16.5. The Kier molecular flexibility index (Phi) is 6.63. The largest absolute Gasteiger partial charge is 0.501 e. The van der Waals surface area contributed by atoms with E-state index in [0.29, 0.717) is 6.42 Å². The van der Waals surface area contributed by atoms with Gasteiger partial charge in [0.2, 0.25) is 5.91 Å². The Hall–Kier alpha value is -1.49. The molecule has 2 heterocycles. The van der Waals surface area contributed by atoms with Crippen molar-refractivity contribution in [3.63, 3.8) is 0 Å². The summed E-state index contributed by atoms with van der Waals surface area (Å²) in [5, 5.41) is 0. The first-order valence-electron chi connectivity index (χ1n) is 10.2. The molecule has 0 N–H and O–H groups in total. The summed E-state index contributed by atoms with van der Waals surface area (Å²) in [6.07, 6.45) is 13.1. The third kappa shape index (κ3) is 4.43. The van der Waals surface area contributed by atoms with Crippen molar-refractivity contribution in [2.45, 2.75) is 51.4 Å². The first kappa shape index (κ1) is 19.3. The molecule has 0 radical (unpaired) electrons. The van der Waals surface area contributed by atoms with Crippen LogP contribution in [0.15, 0.2) is 23.7 Å². The van der Waals surface area contributed by atoms with Crippen LogP contribution in [-0.2, 0) is 14.3 Å². The summed E-state index contributed by atoms with van der Waals surface area (Å²) in [7, 11) is 3.33. The van der Waals surface area contributed by atoms with Crippen molar-refractivity contribution in [2.75, 3.05) is 46.9 Å². The van der Waals surface area contributed by atoms with E-state index < -0.39 is 5.41 Å². The molecule has 3 rings (SSSR count). The number of carbonyl (C=O) groups is 1. The summed E-state index contributed by atoms with van der Waals surface area (Å²) in [5.74, 6) is 1.88. The standard InChI is InChI=1S/C21H34N2O3/c1-25-18-15-19(26-2)17-21(16-18)9-14-23(20(21)24)13-6-4-3-5-10-22-11-7-8-12-22/h16-17H,3-15H2,1-2H3. The third-order valence-corrected chi connectivity index (χ3v) is 6.04. The highest BCUT2D eigenvalue weighted by Crippen LogP contribution is 2.41. The minimum atomic E-state index is -0.551. The maximum atomic E-state index is 13.0. The summed E-state index contributed by atoms with van der Waals surface area (Å²) in [4.78, 5) is 17.6. The average molecular weight is 363 g/mol. The molecule has 0 atom stereocenters. The molecule has 146 valence electrons. The normalized spacial score (nSPS) is 22.7. The molecule has 0 unspecified atom stereocenters. The van der Waals surface area contributed by atoms with E-state index in [1.54, 1.807) is 14.2 Å². The maximum Gasteiger partial charge on any atom is 0.236 e. The second-order valence-electron chi connectivity index (χ2n) is 7.85. The van der Waals surface area contributed by atoms with Crippen LogP contribution in [0.3, 0.4) is 0 Å². The monoisotopic (exact) mass is 362 g/mol. The van der Waals surface area contributed by atoms with E-state index in [1.807, 2.05) is 17.1 Å². The van der Waals surface area contributed by atoms with E-state index in [2.05, 4.69) is 4.90 Å². The summed E-state index contributed by atoms with van der Waals surface area (Å²) in [5.41, 5.74) is -0.551. The highest BCUT2D eigenvalue weighted by molar-refractivity contribution is 5.89. The molecule has 1 aliphatic carbocycles. The van der Waals surface area contributed by atoms with Crippen molar-refractivity contribution in [1.82, 2.24) is 9.80 Å². The molecule has 2 aliphatic heterocycles. The molecule has 1 amide bonds. The van der Waals surface area contributed by atoms with Crippen molar-refractivity contribution in [2.24, 2.45) is 5.41 Å². The van der Waals surface area contributed by atoms with Crippen LogP contribution in [0, 0.1) is 5.41 Å². The summed E-state index contributed by atoms with van der Waals surface area (Å²) in [6.45, 7) is 5.53. The van der Waals surface area contributed by atoms with Gasteiger partial charge in [0.1, 0.15) is 11.5 Å². The van der Waals surface area contributed by atoms with Crippen LogP contribution < -0.4 is 0 Å². The smallest absolute Gasteiger partial charge is 0.236 e. The molecule has 2 fully saturated rings. The van der Waals surface area contributed by atoms with E-state index in [-0.39, 0.29) is 5.91 Å². The summed E-state index contributed by atoms with van der Waals surface area (Å²) < 4.78 is 10.9. The van der Waals surface area contributed by atoms with Gasteiger partial charge in [-0.3, -0.25) is 4.79 Å². The number of likely N-dealkylation sites (tertiary alicyclic amines) is 2. The first-order valence-corrected chi connectivity index (χ1v) is 10.2. The van der Waals surface area contributed by atoms with Gasteiger partial charge in [0, 0.05) is 13.1 Å². The number of hydrogen-bond acceptors (Lipinski definition) is 4. The van der Waals surface area contributed by atoms with Crippen molar-refractivity contribution < 1.29 is 14.3 Å². The predicted octanol–water partition coefficient (Wildman–Crippen LogP) is 3.33. The van der Waals surface area contributed by atoms with Crippen LogP contribution in [0.25, 0.3) is 0 Å². The zero-order chi connectivity index (χ0) is 18.4. The fourth-order valence-electron chi connectivity index (χ4n) is 4.45. The van der Waals surface area contributed by atoms with Crippen LogP contribution in [0.2, 0.25) is 0 Å². The molecule has 5 heteroatoms. The fourth-order valence-corrected chi connectivity index (χ4v) is 4.45. The lowest BCUT2D eigenvalue weighted by molar-refractivity contribution is -0.132. The SMILES string of the molecule is COC1=CC2(C=C(OC)C1)CCN(CCCCCCN1CCCC1)C2=O. The topological polar surface area (TPSA) is 42.0 Å². The molecule has 1 spiro atoms. The second kappa shape index (κ2) is 8.94. The number of methoxy groups -OCH3 is 2. The van der Waals surface area contributed by atoms with Gasteiger partial charge >= 0.3 is 0 Å². The molecule has 3 aliphatic rings. The van der Waals surface area contributed by atoms with Gasteiger partial charge in [0.15, 0.2) is 0 Å². The lowest BCUT2D eigenvalue weighted by Gasteiger charge is -2.27. The van der Waals surface area contributed by atoms with Gasteiger partial charge in [-0.05, 0) is 63.9 Å². The number of nitrogens with zero attached hydrogens (tertiary/aromatic N) is 2. The van der Waals surface area contributed by atoms with Crippen LogP contribution in [0.4, 0.5) is 0 Å². The van der Waals surface area contributed by atoms with Gasteiger partial charge in [-0.2, -0.15) is 0 Å².